The van der Waals surface area contributed by atoms with E-state index in [-0.39, 0.29) is 0 Å². The number of ether oxygens (including phenoxy) is 1. The van der Waals surface area contributed by atoms with Gasteiger partial charge < -0.3 is 4.74 Å². The monoisotopic (exact) mass is 206 g/mol. The molecule has 1 heteroatoms. The molecule has 84 valence electrons. The molecular weight excluding hydrogens is 184 g/mol. The van der Waals surface area contributed by atoms with Gasteiger partial charge in [0.1, 0.15) is 0 Å². The normalized spacial score (nSPS) is 34.5. The first kappa shape index (κ1) is 11.0. The minimum atomic E-state index is 0.356. The summed E-state index contributed by atoms with van der Waals surface area (Å²) in [5, 5.41) is 0. The van der Waals surface area contributed by atoms with Gasteiger partial charge in [-0.15, -0.1) is 11.8 Å². The van der Waals surface area contributed by atoms with Crippen LogP contribution in [0.15, 0.2) is 0 Å². The van der Waals surface area contributed by atoms with Gasteiger partial charge in [0, 0.05) is 20.0 Å². The summed E-state index contributed by atoms with van der Waals surface area (Å²) in [6.07, 6.45) is 4.85. The average molecular weight is 206 g/mol. The van der Waals surface area contributed by atoms with Crippen LogP contribution in [0.25, 0.3) is 0 Å². The highest BCUT2D eigenvalue weighted by Gasteiger charge is 2.55. The van der Waals surface area contributed by atoms with Gasteiger partial charge in [0.15, 0.2) is 0 Å². The van der Waals surface area contributed by atoms with Crippen molar-refractivity contribution < 1.29 is 4.74 Å². The molecule has 1 nitrogen and oxygen atoms in total. The summed E-state index contributed by atoms with van der Waals surface area (Å²) in [7, 11) is 1.81. The maximum Gasteiger partial charge on any atom is 0.0516 e. The van der Waals surface area contributed by atoms with Crippen molar-refractivity contribution in [2.24, 2.45) is 23.2 Å². The molecule has 0 saturated heterocycles. The molecule has 0 bridgehead atoms. The maximum atomic E-state index is 5.35. The number of hydrogen-bond donors (Lipinski definition) is 0. The van der Waals surface area contributed by atoms with Crippen molar-refractivity contribution in [3.8, 4) is 11.8 Å². The van der Waals surface area contributed by atoms with Gasteiger partial charge in [-0.25, -0.2) is 0 Å². The highest BCUT2D eigenvalue weighted by molar-refractivity contribution is 5.10. The minimum Gasteiger partial charge on any atom is -0.384 e. The summed E-state index contributed by atoms with van der Waals surface area (Å²) in [5.41, 5.74) is 0.356. The Kier molecular flexibility index (Phi) is 3.07. The first-order valence-electron chi connectivity index (χ1n) is 6.11. The summed E-state index contributed by atoms with van der Waals surface area (Å²) < 4.78 is 5.35. The molecule has 0 radical (unpaired) electrons. The summed E-state index contributed by atoms with van der Waals surface area (Å²) in [6, 6.07) is 0. The van der Waals surface area contributed by atoms with E-state index in [1.165, 1.54) is 12.8 Å². The van der Waals surface area contributed by atoms with E-state index in [1.807, 2.05) is 7.11 Å². The first-order chi connectivity index (χ1) is 7.17. The Morgan fingerprint density at radius 1 is 1.13 bits per heavy atom. The number of methoxy groups -OCH3 is 1. The first-order valence-corrected chi connectivity index (χ1v) is 6.11. The molecule has 1 saturated carbocycles. The Bertz CT molecular complexity index is 263. The molecule has 0 aromatic heterocycles. The molecule has 0 spiro atoms. The minimum absolute atomic E-state index is 0.356. The molecule has 0 heterocycles. The molecule has 2 atom stereocenters. The maximum absolute atomic E-state index is 5.35. The molecular formula is C14H22O. The Morgan fingerprint density at radius 3 is 2.13 bits per heavy atom. The molecule has 0 amide bonds. The standard InChI is InChI=1S/C14H22O/c1-14(2,10-15-3)13-11-8-6-4-5-7-9-12(11)13/h11-13H,6-10H2,1-3H3. The smallest absolute Gasteiger partial charge is 0.0516 e. The molecule has 0 aliphatic heterocycles. The molecule has 2 rings (SSSR count). The summed E-state index contributed by atoms with van der Waals surface area (Å²) in [5.74, 6) is 9.28. The van der Waals surface area contributed by atoms with Crippen LogP contribution in [0, 0.1) is 35.0 Å². The molecule has 15 heavy (non-hydrogen) atoms. The zero-order valence-corrected chi connectivity index (χ0v) is 10.2. The molecule has 0 aromatic rings. The predicted molar refractivity (Wildman–Crippen MR) is 62.4 cm³/mol. The van der Waals surface area contributed by atoms with Crippen LogP contribution >= 0.6 is 0 Å². The van der Waals surface area contributed by atoms with Gasteiger partial charge in [0.25, 0.3) is 0 Å². The fourth-order valence-electron chi connectivity index (χ4n) is 3.51. The lowest BCUT2D eigenvalue weighted by Crippen LogP contribution is -2.22. The quantitative estimate of drug-likeness (QED) is 0.645. The van der Waals surface area contributed by atoms with Crippen LogP contribution in [0.3, 0.4) is 0 Å². The van der Waals surface area contributed by atoms with Crippen molar-refractivity contribution in [2.75, 3.05) is 13.7 Å². The van der Waals surface area contributed by atoms with Gasteiger partial charge >= 0.3 is 0 Å². The lowest BCUT2D eigenvalue weighted by atomic mass is 9.85. The second kappa shape index (κ2) is 4.18. The van der Waals surface area contributed by atoms with E-state index in [9.17, 15) is 0 Å². The third-order valence-electron chi connectivity index (χ3n) is 4.08. The average Bonchev–Trinajstić information content (AvgIpc) is 2.77. The van der Waals surface area contributed by atoms with Crippen LogP contribution in [0.4, 0.5) is 0 Å². The largest absolute Gasteiger partial charge is 0.384 e. The van der Waals surface area contributed by atoms with E-state index in [0.717, 1.165) is 37.2 Å². The Balaban J connectivity index is 1.97. The highest BCUT2D eigenvalue weighted by atomic mass is 16.5. The van der Waals surface area contributed by atoms with Gasteiger partial charge in [-0.1, -0.05) is 13.8 Å². The van der Waals surface area contributed by atoms with Crippen molar-refractivity contribution in [3.63, 3.8) is 0 Å². The van der Waals surface area contributed by atoms with Crippen LogP contribution in [-0.4, -0.2) is 13.7 Å². The van der Waals surface area contributed by atoms with E-state index >= 15 is 0 Å². The zero-order valence-electron chi connectivity index (χ0n) is 10.2. The van der Waals surface area contributed by atoms with Crippen molar-refractivity contribution in [1.29, 1.82) is 0 Å². The number of hydrogen-bond acceptors (Lipinski definition) is 1. The fourth-order valence-corrected chi connectivity index (χ4v) is 3.51. The van der Waals surface area contributed by atoms with Gasteiger partial charge in [0.05, 0.1) is 6.61 Å². The van der Waals surface area contributed by atoms with E-state index < -0.39 is 0 Å². The van der Waals surface area contributed by atoms with Gasteiger partial charge in [-0.2, -0.15) is 0 Å². The van der Waals surface area contributed by atoms with Crippen LogP contribution in [0.2, 0.25) is 0 Å². The molecule has 2 aliphatic rings. The van der Waals surface area contributed by atoms with Crippen LogP contribution in [0.5, 0.6) is 0 Å². The van der Waals surface area contributed by atoms with Crippen LogP contribution < -0.4 is 0 Å². The number of rotatable bonds is 3. The predicted octanol–water partition coefficient (Wildman–Crippen LogP) is 3.10. The molecule has 2 unspecified atom stereocenters. The highest BCUT2D eigenvalue weighted by Crippen LogP contribution is 2.60. The van der Waals surface area contributed by atoms with Crippen molar-refractivity contribution >= 4 is 0 Å². The Labute approximate surface area is 93.6 Å². The molecule has 0 aromatic carbocycles. The van der Waals surface area contributed by atoms with Gasteiger partial charge in [-0.3, -0.25) is 0 Å². The third kappa shape index (κ3) is 2.21. The molecule has 0 N–H and O–H groups in total. The molecule has 1 fully saturated rings. The van der Waals surface area contributed by atoms with E-state index in [4.69, 9.17) is 4.74 Å². The van der Waals surface area contributed by atoms with Crippen LogP contribution in [-0.2, 0) is 4.74 Å². The second-order valence-electron chi connectivity index (χ2n) is 5.71. The second-order valence-corrected chi connectivity index (χ2v) is 5.71. The van der Waals surface area contributed by atoms with Gasteiger partial charge in [0.2, 0.25) is 0 Å². The van der Waals surface area contributed by atoms with Crippen molar-refractivity contribution in [3.05, 3.63) is 0 Å². The summed E-state index contributed by atoms with van der Waals surface area (Å²) >= 11 is 0. The summed E-state index contributed by atoms with van der Waals surface area (Å²) in [6.45, 7) is 5.60. The zero-order chi connectivity index (χ0) is 10.9. The topological polar surface area (TPSA) is 9.23 Å². The van der Waals surface area contributed by atoms with Gasteiger partial charge in [-0.05, 0) is 36.0 Å². The van der Waals surface area contributed by atoms with Crippen LogP contribution in [0.1, 0.15) is 39.5 Å². The van der Waals surface area contributed by atoms with E-state index in [1.54, 1.807) is 0 Å². The Hall–Kier alpha value is -0.480. The number of fused-ring (bicyclic) bond motifs is 1. The third-order valence-corrected chi connectivity index (χ3v) is 4.08. The Morgan fingerprint density at radius 2 is 1.67 bits per heavy atom. The van der Waals surface area contributed by atoms with E-state index in [2.05, 4.69) is 25.7 Å². The lowest BCUT2D eigenvalue weighted by Gasteiger charge is -2.24. The van der Waals surface area contributed by atoms with Crippen molar-refractivity contribution in [1.82, 2.24) is 0 Å². The summed E-state index contributed by atoms with van der Waals surface area (Å²) in [4.78, 5) is 0. The van der Waals surface area contributed by atoms with Crippen molar-refractivity contribution in [2.45, 2.75) is 39.5 Å². The molecule has 2 aliphatic carbocycles. The lowest BCUT2D eigenvalue weighted by molar-refractivity contribution is 0.0813. The van der Waals surface area contributed by atoms with E-state index in [0.29, 0.717) is 5.41 Å². The fraction of sp³-hybridized carbons (Fsp3) is 0.857. The SMILES string of the molecule is COCC(C)(C)C1C2CCC#CCCC21.